The number of hydrogen-bond acceptors (Lipinski definition) is 5. The van der Waals surface area contributed by atoms with E-state index in [2.05, 4.69) is 0 Å². The van der Waals surface area contributed by atoms with Crippen LogP contribution in [0.25, 0.3) is 11.1 Å². The molecule has 2 aromatic carbocycles. The largest absolute Gasteiger partial charge is 0.480 e. The summed E-state index contributed by atoms with van der Waals surface area (Å²) in [6, 6.07) is 13.2. The normalized spacial score (nSPS) is 14.2. The third-order valence-corrected chi connectivity index (χ3v) is 5.68. The van der Waals surface area contributed by atoms with Crippen molar-refractivity contribution in [2.24, 2.45) is 0 Å². The maximum absolute atomic E-state index is 12.4. The number of benzene rings is 2. The molecular weight excluding hydrogens is 362 g/mol. The van der Waals surface area contributed by atoms with Crippen molar-refractivity contribution >= 4 is 22.2 Å². The zero-order valence-corrected chi connectivity index (χ0v) is 14.2. The van der Waals surface area contributed by atoms with E-state index in [4.69, 9.17) is 9.84 Å². The van der Waals surface area contributed by atoms with Gasteiger partial charge in [-0.25, -0.2) is 4.79 Å². The van der Waals surface area contributed by atoms with Crippen LogP contribution >= 0.6 is 0 Å². The lowest BCUT2D eigenvalue weighted by Gasteiger charge is -2.28. The minimum Gasteiger partial charge on any atom is -0.480 e. The monoisotopic (exact) mass is 377 g/mol. The third-order valence-electron chi connectivity index (χ3n) is 4.25. The first-order valence-corrected chi connectivity index (χ1v) is 9.00. The van der Waals surface area contributed by atoms with Crippen molar-refractivity contribution in [3.63, 3.8) is 0 Å². The van der Waals surface area contributed by atoms with Crippen LogP contribution in [0.5, 0.6) is 0 Å². The lowest BCUT2D eigenvalue weighted by atomic mass is 9.97. The molecule has 3 rings (SSSR count). The second-order valence-electron chi connectivity index (χ2n) is 5.72. The highest BCUT2D eigenvalue weighted by molar-refractivity contribution is 7.87. The molecule has 0 saturated heterocycles. The average Bonchev–Trinajstić information content (AvgIpc) is 2.89. The Labute approximate surface area is 149 Å². The van der Waals surface area contributed by atoms with Gasteiger partial charge in [0.2, 0.25) is 0 Å². The zero-order valence-electron chi connectivity index (χ0n) is 13.4. The molecule has 1 aliphatic carbocycles. The van der Waals surface area contributed by atoms with Gasteiger partial charge < -0.3 is 15.2 Å². The van der Waals surface area contributed by atoms with Gasteiger partial charge in [-0.1, -0.05) is 48.5 Å². The van der Waals surface area contributed by atoms with Crippen LogP contribution in [0.15, 0.2) is 48.5 Å². The average molecular weight is 377 g/mol. The Kier molecular flexibility index (Phi) is 4.43. The van der Waals surface area contributed by atoms with Gasteiger partial charge in [0.25, 0.3) is 10.1 Å². The van der Waals surface area contributed by atoms with Gasteiger partial charge in [0.1, 0.15) is 13.2 Å². The van der Waals surface area contributed by atoms with E-state index in [0.717, 1.165) is 0 Å². The molecule has 0 atom stereocenters. The van der Waals surface area contributed by atoms with Crippen LogP contribution in [-0.2, 0) is 24.4 Å². The second kappa shape index (κ2) is 6.43. The highest BCUT2D eigenvalue weighted by atomic mass is 32.2. The maximum Gasteiger partial charge on any atom is 0.407 e. The number of rotatable bonds is 5. The Bertz CT molecular complexity index is 939. The quantitative estimate of drug-likeness (QED) is 0.675. The molecule has 1 aliphatic rings. The minimum atomic E-state index is -4.74. The molecule has 0 bridgehead atoms. The van der Waals surface area contributed by atoms with Crippen molar-refractivity contribution in [2.45, 2.75) is 4.75 Å². The van der Waals surface area contributed by atoms with E-state index in [1.165, 1.54) is 0 Å². The smallest absolute Gasteiger partial charge is 0.407 e. The van der Waals surface area contributed by atoms with E-state index in [-0.39, 0.29) is 11.1 Å². The van der Waals surface area contributed by atoms with Gasteiger partial charge in [-0.2, -0.15) is 8.42 Å². The second-order valence-corrected chi connectivity index (χ2v) is 7.36. The Morgan fingerprint density at radius 1 is 1.00 bits per heavy atom. The van der Waals surface area contributed by atoms with Crippen molar-refractivity contribution in [3.05, 3.63) is 59.7 Å². The van der Waals surface area contributed by atoms with Crippen LogP contribution in [0.4, 0.5) is 4.79 Å². The Morgan fingerprint density at radius 2 is 1.50 bits per heavy atom. The summed E-state index contributed by atoms with van der Waals surface area (Å²) in [6.45, 7) is -1.38. The highest BCUT2D eigenvalue weighted by Crippen LogP contribution is 2.51. The standard InChI is InChI=1S/C17H15NO7S/c19-15(20)9-18-16(21)25-10-17(26(22,23)24)13-7-3-1-5-11(13)12-6-2-4-8-14(12)17/h1-8H,9-10H2,(H,18,21)(H,19,20)(H,22,23,24). The zero-order chi connectivity index (χ0) is 18.9. The van der Waals surface area contributed by atoms with E-state index >= 15 is 0 Å². The van der Waals surface area contributed by atoms with Crippen LogP contribution in [0.2, 0.25) is 0 Å². The summed E-state index contributed by atoms with van der Waals surface area (Å²) in [5.74, 6) is -1.27. The first kappa shape index (κ1) is 17.9. The Hall–Kier alpha value is -2.91. The van der Waals surface area contributed by atoms with Crippen molar-refractivity contribution in [1.29, 1.82) is 0 Å². The first-order valence-electron chi connectivity index (χ1n) is 7.56. The fourth-order valence-electron chi connectivity index (χ4n) is 3.16. The van der Waals surface area contributed by atoms with E-state index in [1.807, 2.05) is 5.32 Å². The predicted octanol–water partition coefficient (Wildman–Crippen LogP) is 1.61. The highest BCUT2D eigenvalue weighted by Gasteiger charge is 2.54. The van der Waals surface area contributed by atoms with Gasteiger partial charge in [-0.05, 0) is 22.3 Å². The molecular formula is C17H15NO7S. The van der Waals surface area contributed by atoms with E-state index < -0.39 is 40.1 Å². The number of ether oxygens (including phenoxy) is 1. The minimum absolute atomic E-state index is 0.287. The molecule has 9 heteroatoms. The van der Waals surface area contributed by atoms with Crippen LogP contribution in [0.1, 0.15) is 11.1 Å². The lowest BCUT2D eigenvalue weighted by molar-refractivity contribution is -0.135. The molecule has 3 N–H and O–H groups in total. The number of hydrogen-bond donors (Lipinski definition) is 3. The van der Waals surface area contributed by atoms with Crippen LogP contribution in [0.3, 0.4) is 0 Å². The number of fused-ring (bicyclic) bond motifs is 3. The number of carboxylic acid groups (broad SMARTS) is 1. The van der Waals surface area contributed by atoms with Gasteiger partial charge in [-0.15, -0.1) is 0 Å². The van der Waals surface area contributed by atoms with Crippen molar-refractivity contribution in [1.82, 2.24) is 5.32 Å². The molecule has 0 aromatic heterocycles. The van der Waals surface area contributed by atoms with Gasteiger partial charge >= 0.3 is 12.1 Å². The number of aliphatic carboxylic acids is 1. The molecule has 0 aliphatic heterocycles. The van der Waals surface area contributed by atoms with Gasteiger partial charge in [-0.3, -0.25) is 9.35 Å². The lowest BCUT2D eigenvalue weighted by Crippen LogP contribution is -2.42. The summed E-state index contributed by atoms with van der Waals surface area (Å²) in [5, 5.41) is 10.6. The molecule has 0 unspecified atom stereocenters. The SMILES string of the molecule is O=C(O)CNC(=O)OCC1(S(=O)(=O)O)c2ccccc2-c2ccccc21. The predicted molar refractivity (Wildman–Crippen MR) is 91.2 cm³/mol. The molecule has 2 aromatic rings. The topological polar surface area (TPSA) is 130 Å². The molecule has 8 nitrogen and oxygen atoms in total. The summed E-state index contributed by atoms with van der Waals surface area (Å²) in [5.41, 5.74) is 1.79. The van der Waals surface area contributed by atoms with Crippen LogP contribution in [-0.4, -0.2) is 43.3 Å². The molecule has 1 amide bonds. The molecule has 0 radical (unpaired) electrons. The summed E-state index contributed by atoms with van der Waals surface area (Å²) >= 11 is 0. The molecule has 0 saturated carbocycles. The number of alkyl carbamates (subject to hydrolysis) is 1. The van der Waals surface area contributed by atoms with Crippen molar-refractivity contribution in [3.8, 4) is 11.1 Å². The fraction of sp³-hybridized carbons (Fsp3) is 0.176. The molecule has 0 spiro atoms. The summed E-state index contributed by atoms with van der Waals surface area (Å²) in [6.07, 6.45) is -1.10. The summed E-state index contributed by atoms with van der Waals surface area (Å²) in [7, 11) is -4.74. The number of carbonyl (C=O) groups is 2. The fourth-order valence-corrected chi connectivity index (χ4v) is 4.28. The van der Waals surface area contributed by atoms with Crippen LogP contribution < -0.4 is 5.32 Å². The van der Waals surface area contributed by atoms with Gasteiger partial charge in [0.15, 0.2) is 4.75 Å². The number of nitrogens with one attached hydrogen (secondary N) is 1. The van der Waals surface area contributed by atoms with Gasteiger partial charge in [0, 0.05) is 0 Å². The van der Waals surface area contributed by atoms with E-state index in [0.29, 0.717) is 11.1 Å². The molecule has 0 heterocycles. The molecule has 136 valence electrons. The third kappa shape index (κ3) is 2.80. The molecule has 26 heavy (non-hydrogen) atoms. The summed E-state index contributed by atoms with van der Waals surface area (Å²) in [4.78, 5) is 22.2. The molecule has 0 fully saturated rings. The van der Waals surface area contributed by atoms with Gasteiger partial charge in [0.05, 0.1) is 0 Å². The van der Waals surface area contributed by atoms with Crippen molar-refractivity contribution < 1.29 is 32.4 Å². The van der Waals surface area contributed by atoms with Crippen molar-refractivity contribution in [2.75, 3.05) is 13.2 Å². The Morgan fingerprint density at radius 3 is 1.96 bits per heavy atom. The maximum atomic E-state index is 12.4. The summed E-state index contributed by atoms with van der Waals surface area (Å²) < 4.78 is 37.9. The van der Waals surface area contributed by atoms with Crippen LogP contribution in [0, 0.1) is 0 Å². The Balaban J connectivity index is 2.07. The van der Waals surface area contributed by atoms with E-state index in [9.17, 15) is 22.6 Å². The first-order chi connectivity index (χ1) is 12.3. The number of carbonyl (C=O) groups excluding carboxylic acids is 1. The number of amides is 1. The van der Waals surface area contributed by atoms with E-state index in [1.54, 1.807) is 48.5 Å². The number of carboxylic acids is 1.